The van der Waals surface area contributed by atoms with E-state index in [1.807, 2.05) is 6.07 Å². The minimum atomic E-state index is -1.05. The molecule has 0 saturated carbocycles. The smallest absolute Gasteiger partial charge is 0.252 e. The number of hydrogen-bond acceptors (Lipinski definition) is 5. The number of nitrogens with zero attached hydrogens (tertiary/aromatic N) is 2. The molecular formula is C27H26ClFN4O3. The molecule has 0 aliphatic rings. The highest BCUT2D eigenvalue weighted by Gasteiger charge is 2.35. The summed E-state index contributed by atoms with van der Waals surface area (Å²) in [5.41, 5.74) is 1.46. The van der Waals surface area contributed by atoms with Crippen LogP contribution in [0.5, 0.6) is 0 Å². The molecule has 0 spiro atoms. The van der Waals surface area contributed by atoms with E-state index in [0.717, 1.165) is 5.56 Å². The van der Waals surface area contributed by atoms with Crippen LogP contribution in [0.2, 0.25) is 5.02 Å². The van der Waals surface area contributed by atoms with Gasteiger partial charge in [0.05, 0.1) is 30.2 Å². The third kappa shape index (κ3) is 5.46. The third-order valence-electron chi connectivity index (χ3n) is 6.25. The molecule has 0 radical (unpaired) electrons. The molecular weight excluding hydrogens is 483 g/mol. The Balaban J connectivity index is 1.67. The molecule has 2 aromatic heterocycles. The predicted octanol–water partition coefficient (Wildman–Crippen LogP) is 4.26. The van der Waals surface area contributed by atoms with Crippen LogP contribution in [0, 0.1) is 11.2 Å². The summed E-state index contributed by atoms with van der Waals surface area (Å²) in [4.78, 5) is 17.8. The van der Waals surface area contributed by atoms with E-state index in [9.17, 15) is 15.0 Å². The molecule has 0 bridgehead atoms. The fourth-order valence-electron chi connectivity index (χ4n) is 3.91. The number of aromatic amines is 1. The molecule has 1 atom stereocenters. The maximum Gasteiger partial charge on any atom is 0.252 e. The van der Waals surface area contributed by atoms with E-state index in [-0.39, 0.29) is 30.8 Å². The van der Waals surface area contributed by atoms with Gasteiger partial charge in [-0.1, -0.05) is 42.8 Å². The van der Waals surface area contributed by atoms with E-state index in [0.29, 0.717) is 22.1 Å². The van der Waals surface area contributed by atoms with Crippen molar-refractivity contribution in [1.82, 2.24) is 20.5 Å². The second-order valence-electron chi connectivity index (χ2n) is 8.86. The average molecular weight is 509 g/mol. The molecule has 36 heavy (non-hydrogen) atoms. The lowest BCUT2D eigenvalue weighted by Crippen LogP contribution is -2.51. The van der Waals surface area contributed by atoms with Gasteiger partial charge in [0.15, 0.2) is 0 Å². The molecule has 1 unspecified atom stereocenters. The topological polar surface area (TPSA) is 111 Å². The van der Waals surface area contributed by atoms with Gasteiger partial charge in [0.1, 0.15) is 5.82 Å². The molecule has 7 nitrogen and oxygen atoms in total. The largest absolute Gasteiger partial charge is 0.396 e. The van der Waals surface area contributed by atoms with Crippen molar-refractivity contribution in [3.8, 4) is 22.5 Å². The molecule has 1 amide bonds. The number of hydrogen-bond donors (Lipinski definition) is 4. The van der Waals surface area contributed by atoms with Crippen molar-refractivity contribution in [3.05, 3.63) is 95.0 Å². The van der Waals surface area contributed by atoms with Crippen LogP contribution in [0.25, 0.3) is 22.5 Å². The number of aliphatic hydroxyl groups is 2. The molecule has 0 fully saturated rings. The van der Waals surface area contributed by atoms with E-state index in [1.165, 1.54) is 18.2 Å². The summed E-state index contributed by atoms with van der Waals surface area (Å²) < 4.78 is 15.1. The first-order valence-electron chi connectivity index (χ1n) is 11.4. The van der Waals surface area contributed by atoms with Gasteiger partial charge in [-0.3, -0.25) is 14.9 Å². The maximum atomic E-state index is 15.1. The van der Waals surface area contributed by atoms with Crippen LogP contribution in [0.1, 0.15) is 23.0 Å². The van der Waals surface area contributed by atoms with Crippen molar-refractivity contribution in [2.24, 2.45) is 5.41 Å². The lowest BCUT2D eigenvalue weighted by molar-refractivity contribution is 0.0346. The Kier molecular flexibility index (Phi) is 7.79. The SMILES string of the molecule is CC(CO)(CO)C(Cc1ccccn1)NC(=O)c1cccc(F)c1-c1cc(-c2ccc(Cl)cc2)n[nH]1. The second kappa shape index (κ2) is 11.0. The molecule has 2 aromatic carbocycles. The minimum Gasteiger partial charge on any atom is -0.396 e. The lowest BCUT2D eigenvalue weighted by atomic mass is 9.81. The number of nitrogens with one attached hydrogen (secondary N) is 2. The van der Waals surface area contributed by atoms with Crippen molar-refractivity contribution in [3.63, 3.8) is 0 Å². The van der Waals surface area contributed by atoms with Crippen LogP contribution in [-0.2, 0) is 6.42 Å². The first kappa shape index (κ1) is 25.5. The van der Waals surface area contributed by atoms with Crippen LogP contribution in [-0.4, -0.2) is 50.6 Å². The lowest BCUT2D eigenvalue weighted by Gasteiger charge is -2.35. The van der Waals surface area contributed by atoms with Crippen LogP contribution >= 0.6 is 11.6 Å². The van der Waals surface area contributed by atoms with Gasteiger partial charge in [-0.2, -0.15) is 5.10 Å². The van der Waals surface area contributed by atoms with Gasteiger partial charge in [-0.05, 0) is 42.5 Å². The number of H-pyrrole nitrogens is 1. The van der Waals surface area contributed by atoms with Crippen LogP contribution in [0.15, 0.2) is 72.9 Å². The number of amides is 1. The number of halogens is 2. The fourth-order valence-corrected chi connectivity index (χ4v) is 4.04. The summed E-state index contributed by atoms with van der Waals surface area (Å²) in [5.74, 6) is -1.15. The quantitative estimate of drug-likeness (QED) is 0.270. The van der Waals surface area contributed by atoms with Gasteiger partial charge >= 0.3 is 0 Å². The van der Waals surface area contributed by atoms with Crippen molar-refractivity contribution < 1.29 is 19.4 Å². The Hall–Kier alpha value is -3.59. The Morgan fingerprint density at radius 2 is 1.86 bits per heavy atom. The van der Waals surface area contributed by atoms with Crippen LogP contribution in [0.3, 0.4) is 0 Å². The second-order valence-corrected chi connectivity index (χ2v) is 9.29. The van der Waals surface area contributed by atoms with Gasteiger partial charge in [0, 0.05) is 45.9 Å². The summed E-state index contributed by atoms with van der Waals surface area (Å²) in [6.45, 7) is 0.922. The van der Waals surface area contributed by atoms with Crippen molar-refractivity contribution >= 4 is 17.5 Å². The Morgan fingerprint density at radius 1 is 1.11 bits per heavy atom. The van der Waals surface area contributed by atoms with Gasteiger partial charge in [0.2, 0.25) is 0 Å². The van der Waals surface area contributed by atoms with E-state index < -0.39 is 23.2 Å². The number of aliphatic hydroxyl groups excluding tert-OH is 2. The Morgan fingerprint density at radius 3 is 2.53 bits per heavy atom. The summed E-state index contributed by atoms with van der Waals surface area (Å²) in [6, 6.07) is 17.7. The fraction of sp³-hybridized carbons (Fsp3) is 0.222. The zero-order valence-electron chi connectivity index (χ0n) is 19.6. The third-order valence-corrected chi connectivity index (χ3v) is 6.51. The van der Waals surface area contributed by atoms with Crippen LogP contribution < -0.4 is 5.32 Å². The first-order valence-corrected chi connectivity index (χ1v) is 11.7. The van der Waals surface area contributed by atoms with Crippen LogP contribution in [0.4, 0.5) is 4.39 Å². The molecule has 0 aliphatic heterocycles. The summed E-state index contributed by atoms with van der Waals surface area (Å²) in [5, 5.41) is 30.6. The highest BCUT2D eigenvalue weighted by atomic mass is 35.5. The zero-order valence-corrected chi connectivity index (χ0v) is 20.3. The summed E-state index contributed by atoms with van der Waals surface area (Å²) >= 11 is 5.96. The summed E-state index contributed by atoms with van der Waals surface area (Å²) in [7, 11) is 0. The predicted molar refractivity (Wildman–Crippen MR) is 136 cm³/mol. The van der Waals surface area contributed by atoms with Crippen molar-refractivity contribution in [2.75, 3.05) is 13.2 Å². The van der Waals surface area contributed by atoms with E-state index >= 15 is 4.39 Å². The van der Waals surface area contributed by atoms with Gasteiger partial charge in [0.25, 0.3) is 5.91 Å². The standard InChI is InChI=1S/C27H26ClFN4O3/c1-27(15-34,16-35)24(13-19-5-2-3-12-30-19)31-26(36)20-6-4-7-21(29)25(20)23-14-22(32-33-23)17-8-10-18(28)11-9-17/h2-12,14,24,34-35H,13,15-16H2,1H3,(H,31,36)(H,32,33). The van der Waals surface area contributed by atoms with Gasteiger partial charge < -0.3 is 15.5 Å². The number of aromatic nitrogens is 3. The van der Waals surface area contributed by atoms with Crippen molar-refractivity contribution in [2.45, 2.75) is 19.4 Å². The Bertz CT molecular complexity index is 1320. The molecule has 186 valence electrons. The molecule has 0 aliphatic carbocycles. The molecule has 2 heterocycles. The molecule has 4 rings (SSSR count). The maximum absolute atomic E-state index is 15.1. The normalized spacial score (nSPS) is 12.4. The van der Waals surface area contributed by atoms with Gasteiger partial charge in [-0.25, -0.2) is 4.39 Å². The number of carbonyl (C=O) groups excluding carboxylic acids is 1. The molecule has 9 heteroatoms. The average Bonchev–Trinajstić information content (AvgIpc) is 3.38. The van der Waals surface area contributed by atoms with E-state index in [2.05, 4.69) is 20.5 Å². The van der Waals surface area contributed by atoms with E-state index in [4.69, 9.17) is 11.6 Å². The number of carbonyl (C=O) groups is 1. The summed E-state index contributed by atoms with van der Waals surface area (Å²) in [6.07, 6.45) is 1.89. The zero-order chi connectivity index (χ0) is 25.7. The van der Waals surface area contributed by atoms with E-state index in [1.54, 1.807) is 55.6 Å². The monoisotopic (exact) mass is 508 g/mol. The van der Waals surface area contributed by atoms with Gasteiger partial charge in [-0.15, -0.1) is 0 Å². The minimum absolute atomic E-state index is 0.0639. The number of pyridine rings is 1. The molecule has 0 saturated heterocycles. The Labute approximate surface area is 213 Å². The van der Waals surface area contributed by atoms with Crippen molar-refractivity contribution in [1.29, 1.82) is 0 Å². The molecule has 4 N–H and O–H groups in total. The molecule has 4 aromatic rings. The first-order chi connectivity index (χ1) is 17.3. The highest BCUT2D eigenvalue weighted by molar-refractivity contribution is 6.30. The number of benzene rings is 2. The number of rotatable bonds is 9. The highest BCUT2D eigenvalue weighted by Crippen LogP contribution is 2.30.